The van der Waals surface area contributed by atoms with Crippen LogP contribution in [0.1, 0.15) is 13.3 Å². The average Bonchev–Trinajstić information content (AvgIpc) is 1.66. The van der Waals surface area contributed by atoms with Gasteiger partial charge in [0.2, 0.25) is 0 Å². The molecule has 0 nitrogen and oxygen atoms in total. The van der Waals surface area contributed by atoms with Gasteiger partial charge in [-0.15, -0.1) is 0 Å². The van der Waals surface area contributed by atoms with E-state index in [-0.39, 0.29) is 0 Å². The van der Waals surface area contributed by atoms with E-state index < -0.39 is 0 Å². The van der Waals surface area contributed by atoms with Crippen molar-refractivity contribution in [2.24, 2.45) is 0 Å². The first-order valence-corrected chi connectivity index (χ1v) is 4.42. The van der Waals surface area contributed by atoms with E-state index in [0.717, 1.165) is 5.75 Å². The third-order valence-corrected chi connectivity index (χ3v) is 2.09. The number of hydrogen-bond donors (Lipinski definition) is 2. The molecule has 0 unspecified atom stereocenters. The van der Waals surface area contributed by atoms with Crippen LogP contribution in [0.4, 0.5) is 0 Å². The molecule has 0 saturated heterocycles. The lowest BCUT2D eigenvalue weighted by molar-refractivity contribution is 1.13. The molecule has 0 fully saturated rings. The van der Waals surface area contributed by atoms with Crippen molar-refractivity contribution in [3.8, 4) is 0 Å². The van der Waals surface area contributed by atoms with Crippen molar-refractivity contribution in [2.45, 2.75) is 13.3 Å². The summed E-state index contributed by atoms with van der Waals surface area (Å²) in [6.45, 7) is 5.85. The molecule has 0 aromatic rings. The van der Waals surface area contributed by atoms with Gasteiger partial charge in [-0.3, -0.25) is 0 Å². The van der Waals surface area contributed by atoms with Gasteiger partial charge in [0, 0.05) is 0 Å². The lowest BCUT2D eigenvalue weighted by Gasteiger charge is -1.89. The first-order chi connectivity index (χ1) is 3.77. The summed E-state index contributed by atoms with van der Waals surface area (Å²) in [4.78, 5) is 1.26. The van der Waals surface area contributed by atoms with Gasteiger partial charge in [0.15, 0.2) is 0 Å². The fourth-order valence-corrected chi connectivity index (χ4v) is 1.45. The van der Waals surface area contributed by atoms with Gasteiger partial charge < -0.3 is 0 Å². The van der Waals surface area contributed by atoms with Gasteiger partial charge in [-0.2, -0.15) is 12.6 Å². The molecule has 0 bridgehead atoms. The molecule has 0 N–H and O–H groups in total. The van der Waals surface area contributed by atoms with Gasteiger partial charge in [0.1, 0.15) is 0 Å². The van der Waals surface area contributed by atoms with Crippen LogP contribution in [0.2, 0.25) is 0 Å². The molecule has 0 heterocycles. The maximum absolute atomic E-state index is 4.09. The van der Waals surface area contributed by atoms with Crippen molar-refractivity contribution < 1.29 is 0 Å². The minimum Gasteiger partial charge on any atom is -0.201 e. The fraction of sp³-hybridized carbons (Fsp3) is 0.667. The predicted molar refractivity (Wildman–Crippen MR) is 48.4 cm³/mol. The van der Waals surface area contributed by atoms with Crippen LogP contribution in [-0.4, -0.2) is 16.4 Å². The smallest absolute Gasteiger partial charge is 0.00903 e. The Kier molecular flexibility index (Phi) is 6.11. The Balaban J connectivity index is 3.03. The molecule has 0 aliphatic carbocycles. The number of hydrogen-bond acceptors (Lipinski definition) is 1. The van der Waals surface area contributed by atoms with E-state index in [0.29, 0.717) is 0 Å². The highest BCUT2D eigenvalue weighted by Crippen LogP contribution is 1.94. The largest absolute Gasteiger partial charge is 0.201 e. The zero-order chi connectivity index (χ0) is 6.41. The summed E-state index contributed by atoms with van der Waals surface area (Å²) >= 11 is 5.47. The third kappa shape index (κ3) is 6.57. The van der Waals surface area contributed by atoms with Gasteiger partial charge in [-0.25, -0.2) is 11.4 Å². The quantitative estimate of drug-likeness (QED) is 0.341. The van der Waals surface area contributed by atoms with Gasteiger partial charge in [0.05, 0.1) is 0 Å². The Morgan fingerprint density at radius 1 is 1.75 bits per heavy atom. The molecule has 0 amide bonds. The molecule has 0 aromatic carbocycles. The zero-order valence-electron chi connectivity index (χ0n) is 5.22. The van der Waals surface area contributed by atoms with E-state index in [9.17, 15) is 0 Å². The van der Waals surface area contributed by atoms with Crippen LogP contribution in [0.3, 0.4) is 0 Å². The van der Waals surface area contributed by atoms with Gasteiger partial charge >= 0.3 is 0 Å². The molecule has 8 heavy (non-hydrogen) atoms. The first-order valence-electron chi connectivity index (χ1n) is 2.71. The van der Waals surface area contributed by atoms with E-state index in [1.165, 1.54) is 28.4 Å². The second-order valence-corrected chi connectivity index (χ2v) is 3.67. The number of rotatable bonds is 3. The molecule has 0 aromatic heterocycles. The zero-order valence-corrected chi connectivity index (χ0v) is 7.01. The minimum absolute atomic E-state index is 1.00. The summed E-state index contributed by atoms with van der Waals surface area (Å²) in [6.07, 6.45) is 1.21. The van der Waals surface area contributed by atoms with Gasteiger partial charge in [0.25, 0.3) is 0 Å². The van der Waals surface area contributed by atoms with Crippen molar-refractivity contribution >= 4 is 28.8 Å². The van der Waals surface area contributed by atoms with Crippen LogP contribution >= 0.6 is 24.0 Å². The molecule has 0 rings (SSSR count). The molecule has 0 spiro atoms. The maximum atomic E-state index is 4.09. The Morgan fingerprint density at radius 3 is 2.75 bits per heavy atom. The Bertz CT molecular complexity index is 72.6. The molecule has 0 atom stereocenters. The van der Waals surface area contributed by atoms with Crippen molar-refractivity contribution in [3.63, 3.8) is 0 Å². The van der Waals surface area contributed by atoms with E-state index in [1.807, 2.05) is 0 Å². The van der Waals surface area contributed by atoms with Crippen molar-refractivity contribution in [1.82, 2.24) is 0 Å². The molecular formula is C6H13S2. The lowest BCUT2D eigenvalue weighted by Crippen LogP contribution is -1.80. The highest BCUT2D eigenvalue weighted by Gasteiger charge is 1.77. The van der Waals surface area contributed by atoms with E-state index >= 15 is 0 Å². The highest BCUT2D eigenvalue weighted by molar-refractivity contribution is 7.98. The highest BCUT2D eigenvalue weighted by atomic mass is 32.1. The topological polar surface area (TPSA) is 0 Å². The normalized spacial score (nSPS) is 13.1. The Morgan fingerprint density at radius 2 is 2.38 bits per heavy atom. The van der Waals surface area contributed by atoms with Crippen molar-refractivity contribution in [2.75, 3.05) is 11.5 Å². The second-order valence-electron chi connectivity index (χ2n) is 1.69. The average molecular weight is 149 g/mol. The summed E-state index contributed by atoms with van der Waals surface area (Å²) in [5, 5.41) is 0. The lowest BCUT2D eigenvalue weighted by atomic mass is 10.6. The van der Waals surface area contributed by atoms with Gasteiger partial charge in [-0.05, 0) is 31.8 Å². The Hall–Kier alpha value is 0.570. The van der Waals surface area contributed by atoms with E-state index in [4.69, 9.17) is 0 Å². The molecule has 0 saturated carbocycles. The van der Waals surface area contributed by atoms with Crippen molar-refractivity contribution in [3.05, 3.63) is 6.92 Å². The van der Waals surface area contributed by atoms with Crippen LogP contribution in [-0.2, 0) is 0 Å². The summed E-state index contributed by atoms with van der Waals surface area (Å²) in [5.41, 5.74) is 0. The monoisotopic (exact) mass is 149 g/mol. The van der Waals surface area contributed by atoms with Crippen LogP contribution in [0.25, 0.3) is 0 Å². The molecule has 2 heteroatoms. The minimum atomic E-state index is 1.00. The third-order valence-electron chi connectivity index (χ3n) is 0.698. The molecule has 49 valence electrons. The first kappa shape index (κ1) is 8.57. The number of thiol groups is 2. The molecular weight excluding hydrogens is 136 g/mol. The summed E-state index contributed by atoms with van der Waals surface area (Å²) in [6, 6.07) is 0. The summed E-state index contributed by atoms with van der Waals surface area (Å²) in [7, 11) is 0. The fourth-order valence-electron chi connectivity index (χ4n) is 0.341. The molecule has 0 aliphatic rings. The Labute approximate surface area is 61.0 Å². The SMILES string of the molecule is [CH2]C(C)=[SH]CCCS. The van der Waals surface area contributed by atoms with E-state index in [1.54, 1.807) is 0 Å². The molecule has 1 radical (unpaired) electrons. The van der Waals surface area contributed by atoms with Crippen molar-refractivity contribution in [1.29, 1.82) is 0 Å². The van der Waals surface area contributed by atoms with Gasteiger partial charge in [-0.1, -0.05) is 4.86 Å². The molecule has 0 aliphatic heterocycles. The van der Waals surface area contributed by atoms with Crippen LogP contribution in [0.15, 0.2) is 0 Å². The van der Waals surface area contributed by atoms with Crippen LogP contribution in [0, 0.1) is 6.92 Å². The second kappa shape index (κ2) is 5.70. The maximum Gasteiger partial charge on any atom is -0.00903 e. The van der Waals surface area contributed by atoms with E-state index in [2.05, 4.69) is 26.5 Å². The van der Waals surface area contributed by atoms with Crippen LogP contribution < -0.4 is 0 Å². The standard InChI is InChI=1S/C6H13S2/c1-6(2)8-5-3-4-7/h7-8H,1,3-5H2,2H3. The summed E-state index contributed by atoms with van der Waals surface area (Å²) in [5.74, 6) is 2.22. The predicted octanol–water partition coefficient (Wildman–Crippen LogP) is 1.80. The van der Waals surface area contributed by atoms with Crippen LogP contribution in [0.5, 0.6) is 0 Å². The summed E-state index contributed by atoms with van der Waals surface area (Å²) < 4.78 is 0.